The number of aryl methyl sites for hydroxylation is 1. The number of aldehydes is 1. The summed E-state index contributed by atoms with van der Waals surface area (Å²) in [5.74, 6) is 0.0962. The number of amides is 1. The Morgan fingerprint density at radius 1 is 1.60 bits per heavy atom. The number of hydrogen-bond donors (Lipinski definition) is 1. The minimum Gasteiger partial charge on any atom is -0.353 e. The molecule has 1 aromatic rings. The van der Waals surface area contributed by atoms with Crippen LogP contribution in [0.2, 0.25) is 0 Å². The predicted molar refractivity (Wildman–Crippen MR) is 55.6 cm³/mol. The highest BCUT2D eigenvalue weighted by atomic mass is 16.1. The lowest BCUT2D eigenvalue weighted by molar-refractivity contribution is -0.121. The first-order valence-corrected chi connectivity index (χ1v) is 5.18. The van der Waals surface area contributed by atoms with E-state index in [2.05, 4.69) is 5.32 Å². The lowest BCUT2D eigenvalue weighted by atomic mass is 10.4. The van der Waals surface area contributed by atoms with Crippen molar-refractivity contribution in [2.75, 3.05) is 0 Å². The molecule has 0 aliphatic heterocycles. The third-order valence-electron chi connectivity index (χ3n) is 2.45. The van der Waals surface area contributed by atoms with Gasteiger partial charge in [0, 0.05) is 37.0 Å². The molecule has 0 aromatic carbocycles. The smallest absolute Gasteiger partial charge is 0.222 e. The summed E-state index contributed by atoms with van der Waals surface area (Å²) in [4.78, 5) is 21.8. The molecule has 0 saturated heterocycles. The molecule has 1 N–H and O–H groups in total. The van der Waals surface area contributed by atoms with Crippen molar-refractivity contribution < 1.29 is 9.59 Å². The summed E-state index contributed by atoms with van der Waals surface area (Å²) in [6, 6.07) is 2.17. The first-order valence-electron chi connectivity index (χ1n) is 5.18. The summed E-state index contributed by atoms with van der Waals surface area (Å²) in [5.41, 5.74) is 0.651. The second-order valence-corrected chi connectivity index (χ2v) is 3.89. The lowest BCUT2D eigenvalue weighted by Crippen LogP contribution is -2.26. The number of hydrogen-bond acceptors (Lipinski definition) is 2. The van der Waals surface area contributed by atoms with E-state index in [1.807, 2.05) is 10.8 Å². The molecule has 0 unspecified atom stereocenters. The first kappa shape index (κ1) is 9.96. The van der Waals surface area contributed by atoms with Gasteiger partial charge in [0.2, 0.25) is 5.91 Å². The van der Waals surface area contributed by atoms with E-state index in [0.717, 1.165) is 19.1 Å². The molecule has 2 rings (SSSR count). The Kier molecular flexibility index (Phi) is 2.85. The molecule has 80 valence electrons. The normalized spacial score (nSPS) is 14.9. The Hall–Kier alpha value is -1.58. The van der Waals surface area contributed by atoms with Crippen LogP contribution < -0.4 is 5.32 Å². The van der Waals surface area contributed by atoms with Gasteiger partial charge in [0.05, 0.1) is 0 Å². The summed E-state index contributed by atoms with van der Waals surface area (Å²) < 4.78 is 1.86. The van der Waals surface area contributed by atoms with Crippen molar-refractivity contribution in [1.29, 1.82) is 0 Å². The van der Waals surface area contributed by atoms with Gasteiger partial charge in [0.15, 0.2) is 6.29 Å². The lowest BCUT2D eigenvalue weighted by Gasteiger charge is -2.03. The molecule has 0 bridgehead atoms. The summed E-state index contributed by atoms with van der Waals surface area (Å²) in [6.45, 7) is 0.631. The predicted octanol–water partition coefficient (Wildman–Crippen LogP) is 0.969. The van der Waals surface area contributed by atoms with Crippen molar-refractivity contribution in [3.63, 3.8) is 0 Å². The molecule has 1 amide bonds. The van der Waals surface area contributed by atoms with Crippen LogP contribution >= 0.6 is 0 Å². The van der Waals surface area contributed by atoms with Gasteiger partial charge in [-0.25, -0.2) is 0 Å². The van der Waals surface area contributed by atoms with E-state index in [-0.39, 0.29) is 5.91 Å². The van der Waals surface area contributed by atoms with Crippen molar-refractivity contribution >= 4 is 12.2 Å². The summed E-state index contributed by atoms with van der Waals surface area (Å²) in [5, 5.41) is 2.92. The fourth-order valence-corrected chi connectivity index (χ4v) is 1.43. The zero-order chi connectivity index (χ0) is 10.7. The molecule has 4 nitrogen and oxygen atoms in total. The van der Waals surface area contributed by atoms with Crippen LogP contribution in [0, 0.1) is 0 Å². The second-order valence-electron chi connectivity index (χ2n) is 3.89. The highest BCUT2D eigenvalue weighted by Gasteiger charge is 2.22. The molecule has 1 aliphatic rings. The summed E-state index contributed by atoms with van der Waals surface area (Å²) in [7, 11) is 0. The number of carbonyl (C=O) groups is 2. The van der Waals surface area contributed by atoms with Crippen LogP contribution in [0.3, 0.4) is 0 Å². The SMILES string of the molecule is O=Cc1ccn(CCC(=O)NC2CC2)c1. The van der Waals surface area contributed by atoms with Crippen LogP contribution in [0.4, 0.5) is 0 Å². The van der Waals surface area contributed by atoms with E-state index in [1.165, 1.54) is 0 Å². The molecule has 1 aromatic heterocycles. The average Bonchev–Trinajstić information content (AvgIpc) is 2.92. The van der Waals surface area contributed by atoms with Crippen LogP contribution in [0.25, 0.3) is 0 Å². The molecule has 0 radical (unpaired) electrons. The minimum atomic E-state index is 0.0962. The van der Waals surface area contributed by atoms with Crippen molar-refractivity contribution in [3.05, 3.63) is 24.0 Å². The third-order valence-corrected chi connectivity index (χ3v) is 2.45. The van der Waals surface area contributed by atoms with Gasteiger partial charge in [0.1, 0.15) is 0 Å². The van der Waals surface area contributed by atoms with Gasteiger partial charge in [-0.1, -0.05) is 0 Å². The number of nitrogens with zero attached hydrogens (tertiary/aromatic N) is 1. The number of aromatic nitrogens is 1. The number of carbonyl (C=O) groups excluding carboxylic acids is 2. The van der Waals surface area contributed by atoms with E-state index >= 15 is 0 Å². The van der Waals surface area contributed by atoms with Gasteiger partial charge < -0.3 is 9.88 Å². The molecular weight excluding hydrogens is 192 g/mol. The van der Waals surface area contributed by atoms with Crippen molar-refractivity contribution in [3.8, 4) is 0 Å². The number of nitrogens with one attached hydrogen (secondary N) is 1. The first-order chi connectivity index (χ1) is 7.28. The standard InChI is InChI=1S/C11H14N2O2/c14-8-9-3-5-13(7-9)6-4-11(15)12-10-1-2-10/h3,5,7-8,10H,1-2,4,6H2,(H,12,15). The molecule has 1 fully saturated rings. The van der Waals surface area contributed by atoms with E-state index in [1.54, 1.807) is 12.3 Å². The van der Waals surface area contributed by atoms with Gasteiger partial charge in [0.25, 0.3) is 0 Å². The average molecular weight is 206 g/mol. The van der Waals surface area contributed by atoms with Crippen LogP contribution in [-0.4, -0.2) is 22.8 Å². The highest BCUT2D eigenvalue weighted by Crippen LogP contribution is 2.18. The molecular formula is C11H14N2O2. The quantitative estimate of drug-likeness (QED) is 0.730. The van der Waals surface area contributed by atoms with Crippen LogP contribution in [0.1, 0.15) is 29.6 Å². The Balaban J connectivity index is 1.76. The van der Waals surface area contributed by atoms with Gasteiger partial charge in [-0.2, -0.15) is 0 Å². The van der Waals surface area contributed by atoms with Gasteiger partial charge >= 0.3 is 0 Å². The summed E-state index contributed by atoms with van der Waals surface area (Å²) in [6.07, 6.45) is 7.07. The second kappa shape index (κ2) is 4.29. The van der Waals surface area contributed by atoms with E-state index in [4.69, 9.17) is 0 Å². The van der Waals surface area contributed by atoms with Gasteiger partial charge in [-0.15, -0.1) is 0 Å². The fourth-order valence-electron chi connectivity index (χ4n) is 1.43. The van der Waals surface area contributed by atoms with Crippen molar-refractivity contribution in [1.82, 2.24) is 9.88 Å². The maximum atomic E-state index is 11.3. The zero-order valence-corrected chi connectivity index (χ0v) is 8.48. The number of rotatable bonds is 5. The molecule has 1 heterocycles. The Bertz CT molecular complexity index is 366. The van der Waals surface area contributed by atoms with Gasteiger partial charge in [-0.3, -0.25) is 9.59 Å². The molecule has 4 heteroatoms. The van der Waals surface area contributed by atoms with Crippen LogP contribution in [-0.2, 0) is 11.3 Å². The highest BCUT2D eigenvalue weighted by molar-refractivity contribution is 5.76. The zero-order valence-electron chi connectivity index (χ0n) is 8.48. The summed E-state index contributed by atoms with van der Waals surface area (Å²) >= 11 is 0. The Morgan fingerprint density at radius 2 is 2.40 bits per heavy atom. The molecule has 15 heavy (non-hydrogen) atoms. The molecule has 0 spiro atoms. The fraction of sp³-hybridized carbons (Fsp3) is 0.455. The minimum absolute atomic E-state index is 0.0962. The maximum Gasteiger partial charge on any atom is 0.222 e. The Labute approximate surface area is 88.3 Å². The monoisotopic (exact) mass is 206 g/mol. The molecule has 0 atom stereocenters. The third kappa shape index (κ3) is 2.94. The van der Waals surface area contributed by atoms with E-state index < -0.39 is 0 Å². The maximum absolute atomic E-state index is 11.3. The van der Waals surface area contributed by atoms with Crippen LogP contribution in [0.5, 0.6) is 0 Å². The molecule has 1 saturated carbocycles. The van der Waals surface area contributed by atoms with E-state index in [0.29, 0.717) is 24.6 Å². The van der Waals surface area contributed by atoms with Gasteiger partial charge in [-0.05, 0) is 18.9 Å². The van der Waals surface area contributed by atoms with E-state index in [9.17, 15) is 9.59 Å². The van der Waals surface area contributed by atoms with Crippen molar-refractivity contribution in [2.24, 2.45) is 0 Å². The Morgan fingerprint density at radius 3 is 3.00 bits per heavy atom. The van der Waals surface area contributed by atoms with Crippen molar-refractivity contribution in [2.45, 2.75) is 31.8 Å². The molecule has 1 aliphatic carbocycles. The topological polar surface area (TPSA) is 51.1 Å². The van der Waals surface area contributed by atoms with Crippen LogP contribution in [0.15, 0.2) is 18.5 Å². The largest absolute Gasteiger partial charge is 0.353 e.